The molecule has 0 saturated carbocycles. The third kappa shape index (κ3) is 7.86. The third-order valence-corrected chi connectivity index (χ3v) is 4.58. The van der Waals surface area contributed by atoms with Gasteiger partial charge in [-0.1, -0.05) is 29.8 Å². The maximum atomic E-state index is 12.4. The normalized spacial score (nSPS) is 11.9. The first kappa shape index (κ1) is 24.0. The summed E-state index contributed by atoms with van der Waals surface area (Å²) >= 11 is 5.87. The molecule has 2 aromatic carbocycles. The van der Waals surface area contributed by atoms with Gasteiger partial charge in [0.05, 0.1) is 26.4 Å². The molecule has 1 amide bonds. The van der Waals surface area contributed by atoms with Crippen molar-refractivity contribution in [2.24, 2.45) is 0 Å². The summed E-state index contributed by atoms with van der Waals surface area (Å²) in [6.45, 7) is 4.96. The average Bonchev–Trinajstić information content (AvgIpc) is 2.73. The van der Waals surface area contributed by atoms with E-state index in [1.54, 1.807) is 19.2 Å². The molecule has 0 heterocycles. The van der Waals surface area contributed by atoms with Crippen molar-refractivity contribution in [3.05, 3.63) is 58.6 Å². The van der Waals surface area contributed by atoms with Gasteiger partial charge in [-0.15, -0.1) is 0 Å². The third-order valence-electron chi connectivity index (χ3n) is 4.33. The summed E-state index contributed by atoms with van der Waals surface area (Å²) in [6.07, 6.45) is 0.0529. The molecule has 0 spiro atoms. The first-order valence-electron chi connectivity index (χ1n) is 9.89. The number of hydrogen-bond acceptors (Lipinski definition) is 5. The number of methoxy groups -OCH3 is 2. The van der Waals surface area contributed by atoms with Gasteiger partial charge in [0.25, 0.3) is 5.91 Å². The van der Waals surface area contributed by atoms with Crippen LogP contribution < -0.4 is 14.8 Å². The van der Waals surface area contributed by atoms with Gasteiger partial charge in [-0.2, -0.15) is 0 Å². The molecule has 30 heavy (non-hydrogen) atoms. The SMILES string of the molecule is COc1cc(CCNC(=O)[C@@H](COCc2ccc(Cl)cc2)OC)ccc1OC(C)C. The van der Waals surface area contributed by atoms with E-state index in [2.05, 4.69) is 5.32 Å². The van der Waals surface area contributed by atoms with E-state index in [1.807, 2.05) is 44.2 Å². The minimum absolute atomic E-state index is 0.0666. The Hall–Kier alpha value is -2.28. The molecule has 0 aliphatic heterocycles. The highest BCUT2D eigenvalue weighted by molar-refractivity contribution is 6.30. The highest BCUT2D eigenvalue weighted by Crippen LogP contribution is 2.29. The van der Waals surface area contributed by atoms with Crippen molar-refractivity contribution < 1.29 is 23.7 Å². The summed E-state index contributed by atoms with van der Waals surface area (Å²) in [7, 11) is 3.11. The molecular formula is C23H30ClNO5. The van der Waals surface area contributed by atoms with Crippen LogP contribution in [0, 0.1) is 0 Å². The number of hydrogen-bond donors (Lipinski definition) is 1. The quantitative estimate of drug-likeness (QED) is 0.545. The van der Waals surface area contributed by atoms with Crippen molar-refractivity contribution in [3.8, 4) is 11.5 Å². The van der Waals surface area contributed by atoms with Gasteiger partial charge in [-0.05, 0) is 55.7 Å². The van der Waals surface area contributed by atoms with Gasteiger partial charge in [0.2, 0.25) is 0 Å². The summed E-state index contributed by atoms with van der Waals surface area (Å²) in [4.78, 5) is 12.4. The first-order valence-corrected chi connectivity index (χ1v) is 10.3. The number of carbonyl (C=O) groups is 1. The summed E-state index contributed by atoms with van der Waals surface area (Å²) in [5.41, 5.74) is 2.02. The number of nitrogens with one attached hydrogen (secondary N) is 1. The molecule has 2 aromatic rings. The Bertz CT molecular complexity index is 795. The predicted molar refractivity (Wildman–Crippen MR) is 117 cm³/mol. The predicted octanol–water partition coefficient (Wildman–Crippen LogP) is 4.03. The zero-order chi connectivity index (χ0) is 21.9. The first-order chi connectivity index (χ1) is 14.4. The number of carbonyl (C=O) groups excluding carboxylic acids is 1. The summed E-state index contributed by atoms with van der Waals surface area (Å²) < 4.78 is 22.0. The Morgan fingerprint density at radius 2 is 1.73 bits per heavy atom. The number of amides is 1. The molecule has 0 unspecified atom stereocenters. The molecular weight excluding hydrogens is 406 g/mol. The van der Waals surface area contributed by atoms with Crippen LogP contribution in [0.15, 0.2) is 42.5 Å². The van der Waals surface area contributed by atoms with E-state index in [0.717, 1.165) is 11.1 Å². The zero-order valence-electron chi connectivity index (χ0n) is 17.9. The van der Waals surface area contributed by atoms with Gasteiger partial charge in [0, 0.05) is 18.7 Å². The van der Waals surface area contributed by atoms with Crippen LogP contribution in [0.4, 0.5) is 0 Å². The van der Waals surface area contributed by atoms with Crippen molar-refractivity contribution in [2.75, 3.05) is 27.4 Å². The molecule has 164 valence electrons. The second kappa shape index (κ2) is 12.4. The topological polar surface area (TPSA) is 66.0 Å². The van der Waals surface area contributed by atoms with Crippen molar-refractivity contribution in [2.45, 2.75) is 39.1 Å². The van der Waals surface area contributed by atoms with Gasteiger partial charge < -0.3 is 24.3 Å². The van der Waals surface area contributed by atoms with Crippen LogP contribution in [0.1, 0.15) is 25.0 Å². The molecule has 6 nitrogen and oxygen atoms in total. The fourth-order valence-corrected chi connectivity index (χ4v) is 2.90. The molecule has 0 bridgehead atoms. The maximum Gasteiger partial charge on any atom is 0.251 e. The molecule has 1 N–H and O–H groups in total. The van der Waals surface area contributed by atoms with Crippen LogP contribution in [0.2, 0.25) is 5.02 Å². The molecule has 0 aliphatic rings. The van der Waals surface area contributed by atoms with E-state index < -0.39 is 6.10 Å². The maximum absolute atomic E-state index is 12.4. The van der Waals surface area contributed by atoms with E-state index in [0.29, 0.717) is 36.1 Å². The lowest BCUT2D eigenvalue weighted by Gasteiger charge is -2.16. The van der Waals surface area contributed by atoms with Gasteiger partial charge in [0.1, 0.15) is 0 Å². The van der Waals surface area contributed by atoms with Crippen LogP contribution in [0.3, 0.4) is 0 Å². The fraction of sp³-hybridized carbons (Fsp3) is 0.435. The standard InChI is InChI=1S/C23H30ClNO5/c1-16(2)30-20-10-7-17(13-21(20)27-3)11-12-25-23(26)22(28-4)15-29-14-18-5-8-19(24)9-6-18/h5-10,13,16,22H,11-12,14-15H2,1-4H3,(H,25,26)/t22-/m1/s1. The molecule has 0 aliphatic carbocycles. The van der Waals surface area contributed by atoms with Gasteiger partial charge >= 0.3 is 0 Å². The Balaban J connectivity index is 1.78. The minimum atomic E-state index is -0.673. The van der Waals surface area contributed by atoms with Gasteiger partial charge in [0.15, 0.2) is 17.6 Å². The monoisotopic (exact) mass is 435 g/mol. The lowest BCUT2D eigenvalue weighted by Crippen LogP contribution is -2.39. The van der Waals surface area contributed by atoms with Crippen molar-refractivity contribution in [1.29, 1.82) is 0 Å². The minimum Gasteiger partial charge on any atom is -0.493 e. The molecule has 7 heteroatoms. The van der Waals surface area contributed by atoms with Crippen molar-refractivity contribution in [3.63, 3.8) is 0 Å². The van der Waals surface area contributed by atoms with E-state index >= 15 is 0 Å². The zero-order valence-corrected chi connectivity index (χ0v) is 18.7. The van der Waals surface area contributed by atoms with Crippen LogP contribution in [0.5, 0.6) is 11.5 Å². The average molecular weight is 436 g/mol. The summed E-state index contributed by atoms with van der Waals surface area (Å²) in [5.74, 6) is 1.18. The number of halogens is 1. The highest BCUT2D eigenvalue weighted by Gasteiger charge is 2.17. The lowest BCUT2D eigenvalue weighted by molar-refractivity contribution is -0.135. The Morgan fingerprint density at radius 3 is 2.37 bits per heavy atom. The fourth-order valence-electron chi connectivity index (χ4n) is 2.78. The van der Waals surface area contributed by atoms with Crippen LogP contribution in [0.25, 0.3) is 0 Å². The van der Waals surface area contributed by atoms with Gasteiger partial charge in [-0.25, -0.2) is 0 Å². The van der Waals surface area contributed by atoms with Crippen LogP contribution in [-0.2, 0) is 27.3 Å². The second-order valence-electron chi connectivity index (χ2n) is 7.06. The van der Waals surface area contributed by atoms with E-state index in [4.69, 9.17) is 30.5 Å². The van der Waals surface area contributed by atoms with Crippen LogP contribution >= 0.6 is 11.6 Å². The Morgan fingerprint density at radius 1 is 1.03 bits per heavy atom. The van der Waals surface area contributed by atoms with Crippen LogP contribution in [-0.4, -0.2) is 45.5 Å². The Labute approximate surface area is 183 Å². The van der Waals surface area contributed by atoms with E-state index in [1.165, 1.54) is 7.11 Å². The largest absolute Gasteiger partial charge is 0.493 e. The molecule has 1 atom stereocenters. The number of benzene rings is 2. The summed E-state index contributed by atoms with van der Waals surface area (Å²) in [6, 6.07) is 13.2. The molecule has 0 aromatic heterocycles. The number of ether oxygens (including phenoxy) is 4. The van der Waals surface area contributed by atoms with Crippen molar-refractivity contribution >= 4 is 17.5 Å². The highest BCUT2D eigenvalue weighted by atomic mass is 35.5. The van der Waals surface area contributed by atoms with Gasteiger partial charge in [-0.3, -0.25) is 4.79 Å². The second-order valence-corrected chi connectivity index (χ2v) is 7.50. The smallest absolute Gasteiger partial charge is 0.251 e. The molecule has 0 radical (unpaired) electrons. The lowest BCUT2D eigenvalue weighted by atomic mass is 10.1. The number of rotatable bonds is 12. The molecule has 0 fully saturated rings. The molecule has 0 saturated heterocycles. The van der Waals surface area contributed by atoms with E-state index in [-0.39, 0.29) is 18.6 Å². The Kier molecular flexibility index (Phi) is 9.94. The summed E-state index contributed by atoms with van der Waals surface area (Å²) in [5, 5.41) is 3.56. The molecule has 2 rings (SSSR count). The van der Waals surface area contributed by atoms with Crippen molar-refractivity contribution in [1.82, 2.24) is 5.32 Å². The van der Waals surface area contributed by atoms with E-state index in [9.17, 15) is 4.79 Å².